The van der Waals surface area contributed by atoms with Crippen LogP contribution in [0.5, 0.6) is 0 Å². The van der Waals surface area contributed by atoms with E-state index >= 15 is 0 Å². The highest BCUT2D eigenvalue weighted by Crippen LogP contribution is 2.20. The molecule has 0 amide bonds. The number of carbonyl (C=O) groups is 1. The Morgan fingerprint density at radius 2 is 2.35 bits per heavy atom. The number of anilines is 1. The van der Waals surface area contributed by atoms with Crippen LogP contribution in [0.1, 0.15) is 30.3 Å². The van der Waals surface area contributed by atoms with E-state index in [1.54, 1.807) is 6.92 Å². The number of hydrogen-bond acceptors (Lipinski definition) is 5. The molecule has 1 aromatic heterocycles. The molecule has 94 valence electrons. The van der Waals surface area contributed by atoms with E-state index in [1.807, 2.05) is 4.90 Å². The average Bonchev–Trinajstić information content (AvgIpc) is 2.80. The standard InChI is InChI=1S/C11H15FN2O3/c1-2-16-10(15)9-7-17-11(13-9)14-5-3-8(12)4-6-14/h7-8H,2-6H2,1H3. The first-order valence-electron chi connectivity index (χ1n) is 5.72. The highest BCUT2D eigenvalue weighted by molar-refractivity contribution is 5.87. The highest BCUT2D eigenvalue weighted by Gasteiger charge is 2.23. The third kappa shape index (κ3) is 2.75. The van der Waals surface area contributed by atoms with Crippen LogP contribution in [0.15, 0.2) is 10.7 Å². The van der Waals surface area contributed by atoms with E-state index in [-0.39, 0.29) is 5.69 Å². The minimum absolute atomic E-state index is 0.157. The van der Waals surface area contributed by atoms with Crippen molar-refractivity contribution in [1.29, 1.82) is 0 Å². The lowest BCUT2D eigenvalue weighted by Gasteiger charge is -2.26. The van der Waals surface area contributed by atoms with E-state index in [9.17, 15) is 9.18 Å². The molecule has 1 aromatic rings. The molecule has 0 aliphatic carbocycles. The maximum atomic E-state index is 13.0. The predicted octanol–water partition coefficient (Wildman–Crippen LogP) is 1.79. The van der Waals surface area contributed by atoms with Crippen molar-refractivity contribution in [2.75, 3.05) is 24.6 Å². The maximum absolute atomic E-state index is 13.0. The molecule has 17 heavy (non-hydrogen) atoms. The van der Waals surface area contributed by atoms with Crippen molar-refractivity contribution < 1.29 is 18.3 Å². The van der Waals surface area contributed by atoms with Crippen LogP contribution >= 0.6 is 0 Å². The highest BCUT2D eigenvalue weighted by atomic mass is 19.1. The lowest BCUT2D eigenvalue weighted by Crippen LogP contribution is -2.34. The number of piperidine rings is 1. The summed E-state index contributed by atoms with van der Waals surface area (Å²) < 4.78 is 23.0. The first-order valence-corrected chi connectivity index (χ1v) is 5.72. The summed E-state index contributed by atoms with van der Waals surface area (Å²) in [7, 11) is 0. The molecule has 2 heterocycles. The number of carbonyl (C=O) groups excluding carboxylic acids is 1. The molecule has 1 fully saturated rings. The van der Waals surface area contributed by atoms with Crippen LogP contribution in [0, 0.1) is 0 Å². The van der Waals surface area contributed by atoms with Gasteiger partial charge in [-0.1, -0.05) is 0 Å². The van der Waals surface area contributed by atoms with Gasteiger partial charge in [0.15, 0.2) is 5.69 Å². The van der Waals surface area contributed by atoms with Crippen LogP contribution in [0.3, 0.4) is 0 Å². The molecule has 0 atom stereocenters. The summed E-state index contributed by atoms with van der Waals surface area (Å²) in [5.74, 6) is -0.497. The summed E-state index contributed by atoms with van der Waals surface area (Å²) in [4.78, 5) is 17.2. The molecule has 6 heteroatoms. The molecule has 1 aliphatic rings. The number of esters is 1. The topological polar surface area (TPSA) is 55.6 Å². The molecule has 0 radical (unpaired) electrons. The van der Waals surface area contributed by atoms with Crippen LogP contribution in [0.2, 0.25) is 0 Å². The third-order valence-electron chi connectivity index (χ3n) is 2.67. The summed E-state index contributed by atoms with van der Waals surface area (Å²) in [5.41, 5.74) is 0.157. The largest absolute Gasteiger partial charge is 0.461 e. The van der Waals surface area contributed by atoms with Crippen molar-refractivity contribution in [3.63, 3.8) is 0 Å². The molecule has 0 saturated carbocycles. The minimum Gasteiger partial charge on any atom is -0.461 e. The molecule has 0 spiro atoms. The van der Waals surface area contributed by atoms with Crippen molar-refractivity contribution in [1.82, 2.24) is 4.98 Å². The van der Waals surface area contributed by atoms with Gasteiger partial charge < -0.3 is 14.1 Å². The van der Waals surface area contributed by atoms with Gasteiger partial charge >= 0.3 is 5.97 Å². The quantitative estimate of drug-likeness (QED) is 0.756. The fourth-order valence-electron chi connectivity index (χ4n) is 1.75. The summed E-state index contributed by atoms with van der Waals surface area (Å²) in [6.07, 6.45) is 1.47. The molecular formula is C11H15FN2O3. The SMILES string of the molecule is CCOC(=O)c1coc(N2CCC(F)CC2)n1. The van der Waals surface area contributed by atoms with E-state index in [2.05, 4.69) is 4.98 Å². The van der Waals surface area contributed by atoms with Crippen molar-refractivity contribution in [2.45, 2.75) is 25.9 Å². The molecule has 1 saturated heterocycles. The van der Waals surface area contributed by atoms with Gasteiger partial charge in [0.2, 0.25) is 0 Å². The van der Waals surface area contributed by atoms with Gasteiger partial charge in [0.25, 0.3) is 6.01 Å². The zero-order valence-electron chi connectivity index (χ0n) is 9.69. The zero-order valence-corrected chi connectivity index (χ0v) is 9.69. The van der Waals surface area contributed by atoms with Crippen LogP contribution in [0.25, 0.3) is 0 Å². The van der Waals surface area contributed by atoms with Gasteiger partial charge in [0, 0.05) is 13.1 Å². The molecule has 0 bridgehead atoms. The number of oxazole rings is 1. The Kier molecular flexibility index (Phi) is 3.61. The molecule has 1 aliphatic heterocycles. The fraction of sp³-hybridized carbons (Fsp3) is 0.636. The number of halogens is 1. The second-order valence-corrected chi connectivity index (χ2v) is 3.90. The van der Waals surface area contributed by atoms with E-state index in [1.165, 1.54) is 6.26 Å². The van der Waals surface area contributed by atoms with Crippen molar-refractivity contribution in [2.24, 2.45) is 0 Å². The number of nitrogens with zero attached hydrogens (tertiary/aromatic N) is 2. The predicted molar refractivity (Wildman–Crippen MR) is 58.8 cm³/mol. The number of aromatic nitrogens is 1. The maximum Gasteiger partial charge on any atom is 0.360 e. The third-order valence-corrected chi connectivity index (χ3v) is 2.67. The minimum atomic E-state index is -0.745. The summed E-state index contributed by atoms with van der Waals surface area (Å²) >= 11 is 0. The summed E-state index contributed by atoms with van der Waals surface area (Å²) in [6, 6.07) is 0.361. The second-order valence-electron chi connectivity index (χ2n) is 3.90. The average molecular weight is 242 g/mol. The smallest absolute Gasteiger partial charge is 0.360 e. The molecular weight excluding hydrogens is 227 g/mol. The van der Waals surface area contributed by atoms with Crippen molar-refractivity contribution in [3.05, 3.63) is 12.0 Å². The van der Waals surface area contributed by atoms with E-state index in [0.29, 0.717) is 38.6 Å². The van der Waals surface area contributed by atoms with Gasteiger partial charge in [0.05, 0.1) is 6.61 Å². The normalized spacial score (nSPS) is 17.2. The van der Waals surface area contributed by atoms with E-state index in [4.69, 9.17) is 9.15 Å². The molecule has 0 unspecified atom stereocenters. The monoisotopic (exact) mass is 242 g/mol. The fourth-order valence-corrected chi connectivity index (χ4v) is 1.75. The number of ether oxygens (including phenoxy) is 1. The van der Waals surface area contributed by atoms with Crippen LogP contribution in [-0.4, -0.2) is 36.8 Å². The van der Waals surface area contributed by atoms with Gasteiger partial charge in [-0.25, -0.2) is 9.18 Å². The van der Waals surface area contributed by atoms with Crippen molar-refractivity contribution >= 4 is 12.0 Å². The molecule has 0 aromatic carbocycles. The lowest BCUT2D eigenvalue weighted by atomic mass is 10.1. The van der Waals surface area contributed by atoms with Gasteiger partial charge in [-0.2, -0.15) is 4.98 Å². The van der Waals surface area contributed by atoms with Crippen LogP contribution < -0.4 is 4.90 Å². The Labute approximate surface area is 98.6 Å². The Hall–Kier alpha value is -1.59. The first kappa shape index (κ1) is 11.9. The van der Waals surface area contributed by atoms with E-state index < -0.39 is 12.1 Å². The van der Waals surface area contributed by atoms with Gasteiger partial charge in [-0.05, 0) is 19.8 Å². The van der Waals surface area contributed by atoms with Gasteiger partial charge in [0.1, 0.15) is 12.4 Å². The lowest BCUT2D eigenvalue weighted by molar-refractivity contribution is 0.0519. The van der Waals surface area contributed by atoms with Crippen LogP contribution in [0.4, 0.5) is 10.4 Å². The Bertz CT molecular complexity index is 386. The number of rotatable bonds is 3. The Morgan fingerprint density at radius 1 is 1.65 bits per heavy atom. The van der Waals surface area contributed by atoms with Crippen molar-refractivity contribution in [3.8, 4) is 0 Å². The first-order chi connectivity index (χ1) is 8.20. The van der Waals surface area contributed by atoms with Gasteiger partial charge in [-0.15, -0.1) is 0 Å². The Balaban J connectivity index is 2.00. The molecule has 0 N–H and O–H groups in total. The summed E-state index contributed by atoms with van der Waals surface area (Å²) in [5, 5.41) is 0. The molecule has 2 rings (SSSR count). The number of hydrogen-bond donors (Lipinski definition) is 0. The van der Waals surface area contributed by atoms with Gasteiger partial charge in [-0.3, -0.25) is 0 Å². The van der Waals surface area contributed by atoms with Crippen LogP contribution in [-0.2, 0) is 4.74 Å². The summed E-state index contributed by atoms with van der Waals surface area (Å²) in [6.45, 7) is 3.15. The number of alkyl halides is 1. The zero-order chi connectivity index (χ0) is 12.3. The Morgan fingerprint density at radius 3 is 3.00 bits per heavy atom. The molecule has 5 nitrogen and oxygen atoms in total. The van der Waals surface area contributed by atoms with E-state index in [0.717, 1.165) is 0 Å². The second kappa shape index (κ2) is 5.16.